The summed E-state index contributed by atoms with van der Waals surface area (Å²) >= 11 is 4.83. The molecule has 1 aromatic carbocycles. The molecule has 0 radical (unpaired) electrons. The first-order chi connectivity index (χ1) is 14.6. The third-order valence-corrected chi connectivity index (χ3v) is 6.86. The fourth-order valence-corrected chi connectivity index (χ4v) is 5.62. The first-order valence-corrected chi connectivity index (χ1v) is 11.7. The normalized spacial score (nSPS) is 19.7. The number of carbonyl (C=O) groups excluding carboxylic acids is 1. The molecule has 0 bridgehead atoms. The molecular weight excluding hydrogens is 488 g/mol. The Morgan fingerprint density at radius 2 is 2.06 bits per heavy atom. The number of ether oxygens (including phenoxy) is 1. The largest absolute Gasteiger partial charge is 0.443 e. The number of nitrogens with zero attached hydrogens (tertiary/aromatic N) is 3. The van der Waals surface area contributed by atoms with Crippen LogP contribution in [0.5, 0.6) is 0 Å². The molecule has 0 amide bonds. The Hall–Kier alpha value is -1.84. The van der Waals surface area contributed by atoms with Crippen molar-refractivity contribution in [3.8, 4) is 0 Å². The van der Waals surface area contributed by atoms with Crippen molar-refractivity contribution >= 4 is 44.3 Å². The van der Waals surface area contributed by atoms with Crippen LogP contribution in [0.3, 0.4) is 0 Å². The van der Waals surface area contributed by atoms with Crippen molar-refractivity contribution in [1.29, 1.82) is 0 Å². The van der Waals surface area contributed by atoms with Gasteiger partial charge < -0.3 is 4.74 Å². The van der Waals surface area contributed by atoms with Gasteiger partial charge in [-0.1, -0.05) is 18.2 Å². The number of fused-ring (bicyclic) bond motifs is 3. The Morgan fingerprint density at radius 1 is 1.35 bits per heavy atom. The van der Waals surface area contributed by atoms with E-state index >= 15 is 0 Å². The number of carbonyl (C=O) groups is 1. The zero-order valence-corrected chi connectivity index (χ0v) is 20.1. The summed E-state index contributed by atoms with van der Waals surface area (Å²) in [5, 5.41) is 1.60. The predicted octanol–water partition coefficient (Wildman–Crippen LogP) is 6.24. The first-order valence-electron chi connectivity index (χ1n) is 10.1. The highest BCUT2D eigenvalue weighted by atomic mass is 79.9. The second-order valence-corrected chi connectivity index (χ2v) is 11.2. The highest BCUT2D eigenvalue weighted by Gasteiger charge is 2.41. The van der Waals surface area contributed by atoms with Gasteiger partial charge in [0.2, 0.25) is 0 Å². The number of hydrogen-bond acceptors (Lipinski definition) is 5. The summed E-state index contributed by atoms with van der Waals surface area (Å²) in [5.74, 6) is 0. The van der Waals surface area contributed by atoms with Crippen LogP contribution in [0.15, 0.2) is 34.2 Å². The summed E-state index contributed by atoms with van der Waals surface area (Å²) < 4.78 is 35.2. The predicted molar refractivity (Wildman–Crippen MR) is 121 cm³/mol. The number of halogens is 3. The number of alkyl halides is 2. The van der Waals surface area contributed by atoms with Crippen molar-refractivity contribution in [2.24, 2.45) is 0 Å². The van der Waals surface area contributed by atoms with E-state index < -0.39 is 30.7 Å². The number of thiazole rings is 1. The van der Waals surface area contributed by atoms with E-state index in [9.17, 15) is 13.6 Å². The van der Waals surface area contributed by atoms with Gasteiger partial charge in [0.1, 0.15) is 16.7 Å². The molecule has 3 heterocycles. The average molecular weight is 512 g/mol. The molecule has 1 aliphatic rings. The second kappa shape index (κ2) is 8.26. The highest BCUT2D eigenvalue weighted by Crippen LogP contribution is 2.44. The lowest BCUT2D eigenvalue weighted by Crippen LogP contribution is -2.46. The molecule has 0 aliphatic carbocycles. The highest BCUT2D eigenvalue weighted by molar-refractivity contribution is 9.11. The van der Waals surface area contributed by atoms with Gasteiger partial charge in [-0.05, 0) is 61.7 Å². The van der Waals surface area contributed by atoms with Gasteiger partial charge in [-0.15, -0.1) is 11.3 Å². The molecule has 1 aliphatic heterocycles. The van der Waals surface area contributed by atoms with Gasteiger partial charge in [-0.25, -0.2) is 23.1 Å². The van der Waals surface area contributed by atoms with Gasteiger partial charge in [0.25, 0.3) is 6.43 Å². The minimum Gasteiger partial charge on any atom is -0.443 e. The lowest BCUT2D eigenvalue weighted by Gasteiger charge is -2.40. The zero-order chi connectivity index (χ0) is 22.5. The minimum atomic E-state index is -2.51. The van der Waals surface area contributed by atoms with E-state index in [-0.39, 0.29) is 6.04 Å². The van der Waals surface area contributed by atoms with Crippen LogP contribution in [0.2, 0.25) is 0 Å². The SMILES string of the molecule is C[C@@H]1Cc2c(n(C(=O)OC(C)(C)C)c3ccccc23)[C@@H](c2ncc(Br)s2)N1CC(F)F. The van der Waals surface area contributed by atoms with E-state index in [1.807, 2.05) is 52.0 Å². The summed E-state index contributed by atoms with van der Waals surface area (Å²) in [7, 11) is 0. The maximum absolute atomic E-state index is 13.6. The van der Waals surface area contributed by atoms with Crippen molar-refractivity contribution in [3.05, 3.63) is 50.5 Å². The first kappa shape index (κ1) is 22.4. The Kier molecular flexibility index (Phi) is 5.95. The lowest BCUT2D eigenvalue weighted by atomic mass is 9.92. The topological polar surface area (TPSA) is 47.4 Å². The number of hydrogen-bond donors (Lipinski definition) is 0. The van der Waals surface area contributed by atoms with Gasteiger partial charge >= 0.3 is 6.09 Å². The molecule has 5 nitrogen and oxygen atoms in total. The summed E-state index contributed by atoms with van der Waals surface area (Å²) in [6.07, 6.45) is -0.798. The molecular formula is C22H24BrF2N3O2S. The summed E-state index contributed by atoms with van der Waals surface area (Å²) in [5.41, 5.74) is 1.67. The standard InChI is InChI=1S/C22H24BrF2N3O2S/c1-12-9-14-13-7-5-6-8-15(13)28(21(29)30-22(2,3)4)18(14)19(27(12)11-17(24)25)20-26-10-16(23)31-20/h5-8,10,12,17,19H,9,11H2,1-4H3/t12-,19+/m1/s1. The van der Waals surface area contributed by atoms with Gasteiger partial charge in [-0.2, -0.15) is 0 Å². The lowest BCUT2D eigenvalue weighted by molar-refractivity contribution is 0.0399. The average Bonchev–Trinajstić information content (AvgIpc) is 3.22. The molecule has 0 unspecified atom stereocenters. The van der Waals surface area contributed by atoms with Crippen molar-refractivity contribution in [3.63, 3.8) is 0 Å². The molecule has 0 spiro atoms. The number of rotatable bonds is 3. The Bertz CT molecular complexity index is 1120. The summed E-state index contributed by atoms with van der Waals surface area (Å²) in [4.78, 5) is 19.6. The molecule has 0 saturated carbocycles. The Labute approximate surface area is 192 Å². The van der Waals surface area contributed by atoms with E-state index in [4.69, 9.17) is 4.74 Å². The van der Waals surface area contributed by atoms with E-state index in [0.29, 0.717) is 22.6 Å². The molecule has 0 N–H and O–H groups in total. The molecule has 0 saturated heterocycles. The molecule has 0 fully saturated rings. The van der Waals surface area contributed by atoms with Crippen LogP contribution in [0.25, 0.3) is 10.9 Å². The van der Waals surface area contributed by atoms with Crippen LogP contribution in [-0.2, 0) is 11.2 Å². The van der Waals surface area contributed by atoms with Crippen molar-refractivity contribution < 1.29 is 18.3 Å². The van der Waals surface area contributed by atoms with Crippen LogP contribution in [0.4, 0.5) is 13.6 Å². The van der Waals surface area contributed by atoms with E-state index in [1.54, 1.807) is 15.7 Å². The van der Waals surface area contributed by atoms with Crippen molar-refractivity contribution in [2.75, 3.05) is 6.54 Å². The van der Waals surface area contributed by atoms with Crippen LogP contribution < -0.4 is 0 Å². The van der Waals surface area contributed by atoms with Gasteiger partial charge in [-0.3, -0.25) is 4.90 Å². The molecule has 9 heteroatoms. The van der Waals surface area contributed by atoms with Crippen molar-refractivity contribution in [1.82, 2.24) is 14.5 Å². The maximum Gasteiger partial charge on any atom is 0.419 e. The van der Waals surface area contributed by atoms with Crippen LogP contribution >= 0.6 is 27.3 Å². The second-order valence-electron chi connectivity index (χ2n) is 8.74. The van der Waals surface area contributed by atoms with Gasteiger partial charge in [0.15, 0.2) is 0 Å². The summed E-state index contributed by atoms with van der Waals surface area (Å²) in [6.45, 7) is 6.97. The smallest absolute Gasteiger partial charge is 0.419 e. The third-order valence-electron chi connectivity index (χ3n) is 5.33. The number of benzene rings is 1. The monoisotopic (exact) mass is 511 g/mol. The maximum atomic E-state index is 13.6. The van der Waals surface area contributed by atoms with Gasteiger partial charge in [0.05, 0.1) is 27.7 Å². The molecule has 2 aromatic heterocycles. The number of aromatic nitrogens is 2. The zero-order valence-electron chi connectivity index (χ0n) is 17.7. The molecule has 3 aromatic rings. The van der Waals surface area contributed by atoms with E-state index in [2.05, 4.69) is 20.9 Å². The van der Waals surface area contributed by atoms with Crippen LogP contribution in [-0.4, -0.2) is 45.2 Å². The Balaban J connectivity index is 2.00. The Morgan fingerprint density at radius 3 is 2.68 bits per heavy atom. The minimum absolute atomic E-state index is 0.146. The fraction of sp³-hybridized carbons (Fsp3) is 0.455. The third kappa shape index (κ3) is 4.27. The molecule has 166 valence electrons. The quantitative estimate of drug-likeness (QED) is 0.417. The molecule has 4 rings (SSSR count). The molecule has 2 atom stereocenters. The van der Waals surface area contributed by atoms with E-state index in [1.165, 1.54) is 11.3 Å². The van der Waals surface area contributed by atoms with Crippen LogP contribution in [0, 0.1) is 0 Å². The van der Waals surface area contributed by atoms with Crippen LogP contribution in [0.1, 0.15) is 50.0 Å². The fourth-order valence-electron chi connectivity index (χ4n) is 4.25. The number of para-hydroxylation sites is 1. The van der Waals surface area contributed by atoms with Gasteiger partial charge in [0, 0.05) is 11.4 Å². The molecule has 31 heavy (non-hydrogen) atoms. The van der Waals surface area contributed by atoms with E-state index in [0.717, 1.165) is 14.7 Å². The van der Waals surface area contributed by atoms with Crippen molar-refractivity contribution in [2.45, 2.75) is 58.2 Å². The summed E-state index contributed by atoms with van der Waals surface area (Å²) in [6, 6.07) is 6.90.